The van der Waals surface area contributed by atoms with Crippen LogP contribution in [0.4, 0.5) is 5.69 Å². The van der Waals surface area contributed by atoms with E-state index in [4.69, 9.17) is 4.42 Å². The summed E-state index contributed by atoms with van der Waals surface area (Å²) in [5, 5.41) is 3.00. The van der Waals surface area contributed by atoms with Crippen molar-refractivity contribution in [2.24, 2.45) is 4.99 Å². The van der Waals surface area contributed by atoms with E-state index in [-0.39, 0.29) is 5.91 Å². The summed E-state index contributed by atoms with van der Waals surface area (Å²) >= 11 is 0. The second-order valence-corrected chi connectivity index (χ2v) is 6.90. The van der Waals surface area contributed by atoms with E-state index in [1.165, 1.54) is 51.4 Å². The molecule has 1 aromatic carbocycles. The van der Waals surface area contributed by atoms with Gasteiger partial charge in [-0.1, -0.05) is 58.3 Å². The normalized spacial score (nSPS) is 11.1. The Morgan fingerprint density at radius 3 is 2.26 bits per heavy atom. The van der Waals surface area contributed by atoms with Crippen LogP contribution >= 0.6 is 0 Å². The molecular weight excluding hydrogens is 336 g/mol. The van der Waals surface area contributed by atoms with Crippen LogP contribution in [0.5, 0.6) is 0 Å². The van der Waals surface area contributed by atoms with Crippen molar-refractivity contribution in [2.45, 2.75) is 64.7 Å². The van der Waals surface area contributed by atoms with Crippen molar-refractivity contribution in [3.05, 3.63) is 54.0 Å². The lowest BCUT2D eigenvalue weighted by Crippen LogP contribution is -2.24. The van der Waals surface area contributed by atoms with Gasteiger partial charge in [-0.05, 0) is 42.8 Å². The largest absolute Gasteiger partial charge is 0.463 e. The first-order valence-corrected chi connectivity index (χ1v) is 10.3. The molecular formula is C23H32N2O2. The van der Waals surface area contributed by atoms with Gasteiger partial charge >= 0.3 is 0 Å². The maximum Gasteiger partial charge on any atom is 0.251 e. The highest BCUT2D eigenvalue weighted by atomic mass is 16.3. The van der Waals surface area contributed by atoms with Gasteiger partial charge < -0.3 is 9.73 Å². The van der Waals surface area contributed by atoms with Crippen molar-refractivity contribution < 1.29 is 9.21 Å². The van der Waals surface area contributed by atoms with Gasteiger partial charge in [0.15, 0.2) is 0 Å². The van der Waals surface area contributed by atoms with Gasteiger partial charge in [0.25, 0.3) is 5.91 Å². The summed E-state index contributed by atoms with van der Waals surface area (Å²) in [7, 11) is 0. The van der Waals surface area contributed by atoms with Crippen molar-refractivity contribution in [1.29, 1.82) is 0 Å². The summed E-state index contributed by atoms with van der Waals surface area (Å²) in [6.45, 7) is 2.99. The van der Waals surface area contributed by atoms with Crippen LogP contribution in [0.1, 0.15) is 80.8 Å². The smallest absolute Gasteiger partial charge is 0.251 e. The lowest BCUT2D eigenvalue weighted by atomic mass is 10.1. The Morgan fingerprint density at radius 2 is 1.63 bits per heavy atom. The number of amides is 1. The van der Waals surface area contributed by atoms with E-state index < -0.39 is 0 Å². The highest BCUT2D eigenvalue weighted by Gasteiger charge is 2.04. The predicted octanol–water partition coefficient (Wildman–Crippen LogP) is 6.29. The van der Waals surface area contributed by atoms with Crippen molar-refractivity contribution in [1.82, 2.24) is 5.32 Å². The van der Waals surface area contributed by atoms with Crippen LogP contribution in [0.25, 0.3) is 0 Å². The molecule has 1 aromatic heterocycles. The average molecular weight is 369 g/mol. The van der Waals surface area contributed by atoms with E-state index in [0.29, 0.717) is 11.3 Å². The minimum absolute atomic E-state index is 0.0175. The molecule has 0 atom stereocenters. The molecule has 4 heteroatoms. The summed E-state index contributed by atoms with van der Waals surface area (Å²) in [6, 6.07) is 11.0. The van der Waals surface area contributed by atoms with Gasteiger partial charge in [0.2, 0.25) is 0 Å². The monoisotopic (exact) mass is 368 g/mol. The van der Waals surface area contributed by atoms with E-state index in [9.17, 15) is 4.79 Å². The number of nitrogens with one attached hydrogen (secondary N) is 1. The van der Waals surface area contributed by atoms with Crippen molar-refractivity contribution >= 4 is 17.8 Å². The number of benzene rings is 1. The molecule has 0 fully saturated rings. The molecule has 1 N–H and O–H groups in total. The lowest BCUT2D eigenvalue weighted by molar-refractivity contribution is 0.0953. The number of carbonyl (C=O) groups excluding carboxylic acids is 1. The number of rotatable bonds is 13. The fourth-order valence-electron chi connectivity index (χ4n) is 2.94. The molecule has 2 rings (SSSR count). The molecule has 0 saturated heterocycles. The second-order valence-electron chi connectivity index (χ2n) is 6.90. The first kappa shape index (κ1) is 20.9. The highest BCUT2D eigenvalue weighted by Crippen LogP contribution is 2.14. The third kappa shape index (κ3) is 8.72. The summed E-state index contributed by atoms with van der Waals surface area (Å²) < 4.78 is 5.20. The SMILES string of the molecule is CCCCCCCCCCCNC(=O)c1ccc(N=Cc2ccco2)cc1. The second kappa shape index (κ2) is 12.9. The Bertz CT molecular complexity index is 660. The fraction of sp³-hybridized carbons (Fsp3) is 0.478. The molecule has 0 saturated carbocycles. The van der Waals surface area contributed by atoms with Crippen LogP contribution < -0.4 is 5.32 Å². The van der Waals surface area contributed by atoms with Crippen LogP contribution in [0.15, 0.2) is 52.1 Å². The van der Waals surface area contributed by atoms with Crippen molar-refractivity contribution in [2.75, 3.05) is 6.54 Å². The van der Waals surface area contributed by atoms with E-state index in [1.807, 2.05) is 24.3 Å². The molecule has 0 radical (unpaired) electrons. The minimum atomic E-state index is -0.0175. The number of aliphatic imine (C=N–C) groups is 1. The van der Waals surface area contributed by atoms with Gasteiger partial charge in [0.05, 0.1) is 18.2 Å². The minimum Gasteiger partial charge on any atom is -0.463 e. The summed E-state index contributed by atoms with van der Waals surface area (Å²) in [4.78, 5) is 16.5. The number of unbranched alkanes of at least 4 members (excludes halogenated alkanes) is 8. The molecule has 27 heavy (non-hydrogen) atoms. The first-order chi connectivity index (χ1) is 13.3. The zero-order chi connectivity index (χ0) is 19.2. The Kier molecular flexibility index (Phi) is 10.0. The van der Waals surface area contributed by atoms with Crippen LogP contribution in [0.2, 0.25) is 0 Å². The summed E-state index contributed by atoms with van der Waals surface area (Å²) in [6.07, 6.45) is 14.9. The molecule has 1 amide bonds. The molecule has 4 nitrogen and oxygen atoms in total. The average Bonchev–Trinajstić information content (AvgIpc) is 3.22. The van der Waals surface area contributed by atoms with Gasteiger partial charge in [-0.2, -0.15) is 0 Å². The number of carbonyl (C=O) groups is 1. The Morgan fingerprint density at radius 1 is 0.963 bits per heavy atom. The molecule has 2 aromatic rings. The van der Waals surface area contributed by atoms with Gasteiger partial charge in [-0.3, -0.25) is 9.79 Å². The highest BCUT2D eigenvalue weighted by molar-refractivity contribution is 5.94. The van der Waals surface area contributed by atoms with Gasteiger partial charge in [-0.15, -0.1) is 0 Å². The molecule has 0 spiro atoms. The molecule has 0 aliphatic heterocycles. The zero-order valence-corrected chi connectivity index (χ0v) is 16.5. The standard InChI is InChI=1S/C23H32N2O2/c1-2-3-4-5-6-7-8-9-10-17-24-23(26)20-13-15-21(16-14-20)25-19-22-12-11-18-27-22/h11-16,18-19H,2-10,17H2,1H3,(H,24,26). The Balaban J connectivity index is 1.58. The molecule has 0 bridgehead atoms. The van der Waals surface area contributed by atoms with Crippen molar-refractivity contribution in [3.8, 4) is 0 Å². The molecule has 1 heterocycles. The lowest BCUT2D eigenvalue weighted by Gasteiger charge is -2.06. The van der Waals surface area contributed by atoms with Gasteiger partial charge in [0, 0.05) is 12.1 Å². The Labute approximate surface area is 163 Å². The number of hydrogen-bond acceptors (Lipinski definition) is 3. The van der Waals surface area contributed by atoms with Crippen LogP contribution in [-0.2, 0) is 0 Å². The zero-order valence-electron chi connectivity index (χ0n) is 16.5. The maximum atomic E-state index is 12.2. The first-order valence-electron chi connectivity index (χ1n) is 10.3. The topological polar surface area (TPSA) is 54.6 Å². The summed E-state index contributed by atoms with van der Waals surface area (Å²) in [5.41, 5.74) is 1.46. The third-order valence-electron chi connectivity index (χ3n) is 4.58. The van der Waals surface area contributed by atoms with E-state index in [2.05, 4.69) is 17.2 Å². The van der Waals surface area contributed by atoms with E-state index in [1.54, 1.807) is 24.6 Å². The number of hydrogen-bond donors (Lipinski definition) is 1. The summed E-state index contributed by atoms with van der Waals surface area (Å²) in [5.74, 6) is 0.689. The number of furan rings is 1. The van der Waals surface area contributed by atoms with Crippen molar-refractivity contribution in [3.63, 3.8) is 0 Å². The van der Waals surface area contributed by atoms with E-state index in [0.717, 1.165) is 18.7 Å². The number of nitrogens with zero attached hydrogens (tertiary/aromatic N) is 1. The molecule has 0 unspecified atom stereocenters. The fourth-order valence-corrected chi connectivity index (χ4v) is 2.94. The molecule has 0 aliphatic rings. The third-order valence-corrected chi connectivity index (χ3v) is 4.58. The Hall–Kier alpha value is -2.36. The van der Waals surface area contributed by atoms with E-state index >= 15 is 0 Å². The van der Waals surface area contributed by atoms with Crippen LogP contribution in [0.3, 0.4) is 0 Å². The van der Waals surface area contributed by atoms with Crippen LogP contribution in [0, 0.1) is 0 Å². The van der Waals surface area contributed by atoms with Crippen LogP contribution in [-0.4, -0.2) is 18.7 Å². The maximum absolute atomic E-state index is 12.2. The quantitative estimate of drug-likeness (QED) is 0.333. The van der Waals surface area contributed by atoms with Gasteiger partial charge in [-0.25, -0.2) is 0 Å². The predicted molar refractivity (Wildman–Crippen MR) is 112 cm³/mol. The molecule has 0 aliphatic carbocycles. The van der Waals surface area contributed by atoms with Gasteiger partial charge in [0.1, 0.15) is 5.76 Å². The molecule has 146 valence electrons.